The topological polar surface area (TPSA) is 92.3 Å². The van der Waals surface area contributed by atoms with Crippen molar-refractivity contribution >= 4 is 17.7 Å². The second kappa shape index (κ2) is 6.55. The lowest BCUT2D eigenvalue weighted by Gasteiger charge is -2.12. The van der Waals surface area contributed by atoms with Gasteiger partial charge in [0.25, 0.3) is 0 Å². The van der Waals surface area contributed by atoms with E-state index < -0.39 is 11.7 Å². The van der Waals surface area contributed by atoms with Crippen LogP contribution in [0.2, 0.25) is 0 Å². The van der Waals surface area contributed by atoms with Crippen LogP contribution in [-0.4, -0.2) is 40.0 Å². The Bertz CT molecular complexity index is 486. The normalized spacial score (nSPS) is 12.4. The molecular weight excluding hydrogens is 256 g/mol. The lowest BCUT2D eigenvalue weighted by Crippen LogP contribution is -2.19. The largest absolute Gasteiger partial charge is 0.478 e. The first-order valence-corrected chi connectivity index (χ1v) is 6.33. The number of H-pyrrole nitrogens is 1. The number of aromatic amines is 1. The predicted molar refractivity (Wildman–Crippen MR) is 68.4 cm³/mol. The van der Waals surface area contributed by atoms with Crippen LogP contribution in [0, 0.1) is 6.92 Å². The Kier molecular flexibility index (Phi) is 5.36. The number of aryl methyl sites for hydroxylation is 1. The van der Waals surface area contributed by atoms with Gasteiger partial charge in [-0.2, -0.15) is 4.98 Å². The van der Waals surface area contributed by atoms with Crippen LogP contribution < -0.4 is 5.69 Å². The van der Waals surface area contributed by atoms with Crippen LogP contribution in [0.5, 0.6) is 0 Å². The van der Waals surface area contributed by atoms with Gasteiger partial charge in [-0.25, -0.2) is 9.59 Å². The van der Waals surface area contributed by atoms with Gasteiger partial charge < -0.3 is 14.8 Å². The molecule has 2 N–H and O–H groups in total. The molecular formula is C11H16N2O4S. The predicted octanol–water partition coefficient (Wildman–Crippen LogP) is 1.29. The van der Waals surface area contributed by atoms with Crippen LogP contribution in [0.25, 0.3) is 0 Å². The molecule has 0 aliphatic rings. The quantitative estimate of drug-likeness (QED) is 0.599. The fraction of sp³-hybridized carbons (Fsp3) is 0.545. The van der Waals surface area contributed by atoms with Crippen LogP contribution >= 0.6 is 11.8 Å². The van der Waals surface area contributed by atoms with E-state index in [-0.39, 0.29) is 15.8 Å². The molecule has 0 amide bonds. The Hall–Kier alpha value is -1.34. The van der Waals surface area contributed by atoms with E-state index >= 15 is 0 Å². The molecule has 0 radical (unpaired) electrons. The zero-order valence-corrected chi connectivity index (χ0v) is 11.3. The summed E-state index contributed by atoms with van der Waals surface area (Å²) < 4.78 is 4.96. The number of nitrogens with one attached hydrogen (secondary N) is 1. The highest BCUT2D eigenvalue weighted by Gasteiger charge is 2.18. The number of aromatic carboxylic acids is 1. The number of thioether (sulfide) groups is 1. The monoisotopic (exact) mass is 272 g/mol. The highest BCUT2D eigenvalue weighted by atomic mass is 32.2. The molecule has 7 heteroatoms. The summed E-state index contributed by atoms with van der Waals surface area (Å²) in [5.41, 5.74) is -0.147. The standard InChI is InChI=1S/C11H16N2O4S/c1-6(4-5-17-3)18-9-8(10(14)15)7(2)12-11(16)13-9/h6H,4-5H2,1-3H3,(H,14,15)(H,12,13,16). The summed E-state index contributed by atoms with van der Waals surface area (Å²) in [6.45, 7) is 4.07. The van der Waals surface area contributed by atoms with Gasteiger partial charge in [0.2, 0.25) is 0 Å². The fourth-order valence-electron chi connectivity index (χ4n) is 1.43. The number of hydrogen-bond acceptors (Lipinski definition) is 5. The van der Waals surface area contributed by atoms with Crippen LogP contribution in [0.15, 0.2) is 9.82 Å². The lowest BCUT2D eigenvalue weighted by atomic mass is 10.2. The van der Waals surface area contributed by atoms with E-state index in [9.17, 15) is 9.59 Å². The van der Waals surface area contributed by atoms with Gasteiger partial charge in [0.05, 0.1) is 0 Å². The molecule has 1 atom stereocenters. The van der Waals surface area contributed by atoms with E-state index in [0.29, 0.717) is 12.3 Å². The number of aromatic nitrogens is 2. The number of carboxylic acid groups (broad SMARTS) is 1. The second-order valence-corrected chi connectivity index (χ2v) is 5.29. The van der Waals surface area contributed by atoms with Crippen molar-refractivity contribution in [3.05, 3.63) is 21.7 Å². The first-order chi connectivity index (χ1) is 8.45. The van der Waals surface area contributed by atoms with Gasteiger partial charge in [-0.3, -0.25) is 0 Å². The molecule has 1 unspecified atom stereocenters. The maximum Gasteiger partial charge on any atom is 0.346 e. The molecule has 1 rings (SSSR count). The maximum atomic E-state index is 11.3. The molecule has 6 nitrogen and oxygen atoms in total. The SMILES string of the molecule is COCCC(C)Sc1nc(=O)[nH]c(C)c1C(=O)O. The number of hydrogen-bond donors (Lipinski definition) is 2. The summed E-state index contributed by atoms with van der Waals surface area (Å²) in [5.74, 6) is -1.09. The Morgan fingerprint density at radius 2 is 2.28 bits per heavy atom. The third-order valence-corrected chi connectivity index (χ3v) is 3.50. The Morgan fingerprint density at radius 1 is 1.61 bits per heavy atom. The summed E-state index contributed by atoms with van der Waals surface area (Å²) >= 11 is 1.27. The fourth-order valence-corrected chi connectivity index (χ4v) is 2.52. The molecule has 1 aromatic heterocycles. The Morgan fingerprint density at radius 3 is 2.83 bits per heavy atom. The zero-order chi connectivity index (χ0) is 13.7. The highest BCUT2D eigenvalue weighted by Crippen LogP contribution is 2.26. The third-order valence-electron chi connectivity index (χ3n) is 2.34. The van der Waals surface area contributed by atoms with Crippen LogP contribution in [0.1, 0.15) is 29.4 Å². The maximum absolute atomic E-state index is 11.3. The van der Waals surface area contributed by atoms with Gasteiger partial charge in [0.15, 0.2) is 0 Å². The van der Waals surface area contributed by atoms with E-state index in [1.165, 1.54) is 11.8 Å². The van der Waals surface area contributed by atoms with Crippen molar-refractivity contribution in [2.24, 2.45) is 0 Å². The van der Waals surface area contributed by atoms with Gasteiger partial charge in [-0.15, -0.1) is 11.8 Å². The first-order valence-electron chi connectivity index (χ1n) is 5.45. The summed E-state index contributed by atoms with van der Waals surface area (Å²) in [4.78, 5) is 28.6. The highest BCUT2D eigenvalue weighted by molar-refractivity contribution is 7.99. The average molecular weight is 272 g/mol. The second-order valence-electron chi connectivity index (χ2n) is 3.86. The number of rotatable bonds is 6. The van der Waals surface area contributed by atoms with Gasteiger partial charge >= 0.3 is 11.7 Å². The van der Waals surface area contributed by atoms with E-state index in [0.717, 1.165) is 6.42 Å². The minimum Gasteiger partial charge on any atom is -0.478 e. The molecule has 0 bridgehead atoms. The first kappa shape index (κ1) is 14.7. The molecule has 0 saturated carbocycles. The number of carboxylic acids is 1. The Labute approximate surface area is 109 Å². The lowest BCUT2D eigenvalue weighted by molar-refractivity contribution is 0.0690. The molecule has 0 saturated heterocycles. The number of ether oxygens (including phenoxy) is 1. The van der Waals surface area contributed by atoms with Crippen molar-refractivity contribution < 1.29 is 14.6 Å². The molecule has 0 aromatic carbocycles. The van der Waals surface area contributed by atoms with Crippen molar-refractivity contribution in [3.63, 3.8) is 0 Å². The van der Waals surface area contributed by atoms with E-state index in [1.807, 2.05) is 6.92 Å². The van der Waals surface area contributed by atoms with Crippen molar-refractivity contribution in [2.45, 2.75) is 30.5 Å². The van der Waals surface area contributed by atoms with Gasteiger partial charge in [0.1, 0.15) is 10.6 Å². The van der Waals surface area contributed by atoms with Gasteiger partial charge in [-0.1, -0.05) is 6.92 Å². The van der Waals surface area contributed by atoms with Crippen LogP contribution in [-0.2, 0) is 4.74 Å². The summed E-state index contributed by atoms with van der Waals surface area (Å²) in [7, 11) is 1.61. The molecule has 100 valence electrons. The summed E-state index contributed by atoms with van der Waals surface area (Å²) in [6.07, 6.45) is 0.758. The number of carbonyl (C=O) groups is 1. The molecule has 0 aliphatic carbocycles. The summed E-state index contributed by atoms with van der Waals surface area (Å²) in [5, 5.41) is 9.51. The van der Waals surface area contributed by atoms with Crippen molar-refractivity contribution in [1.29, 1.82) is 0 Å². The van der Waals surface area contributed by atoms with Crippen molar-refractivity contribution in [3.8, 4) is 0 Å². The number of methoxy groups -OCH3 is 1. The zero-order valence-electron chi connectivity index (χ0n) is 10.5. The Balaban J connectivity index is 3.00. The van der Waals surface area contributed by atoms with E-state index in [2.05, 4.69) is 9.97 Å². The molecule has 0 spiro atoms. The summed E-state index contributed by atoms with van der Waals surface area (Å²) in [6, 6.07) is 0. The molecule has 1 aromatic rings. The van der Waals surface area contributed by atoms with Crippen molar-refractivity contribution in [2.75, 3.05) is 13.7 Å². The van der Waals surface area contributed by atoms with Crippen LogP contribution in [0.3, 0.4) is 0 Å². The molecule has 0 aliphatic heterocycles. The van der Waals surface area contributed by atoms with Gasteiger partial charge in [-0.05, 0) is 13.3 Å². The molecule has 18 heavy (non-hydrogen) atoms. The molecule has 1 heterocycles. The van der Waals surface area contributed by atoms with Crippen LogP contribution in [0.4, 0.5) is 0 Å². The van der Waals surface area contributed by atoms with Crippen molar-refractivity contribution in [1.82, 2.24) is 9.97 Å². The van der Waals surface area contributed by atoms with Gasteiger partial charge in [0, 0.05) is 24.7 Å². The molecule has 0 fully saturated rings. The van der Waals surface area contributed by atoms with E-state index in [4.69, 9.17) is 9.84 Å². The average Bonchev–Trinajstić information content (AvgIpc) is 2.24. The minimum absolute atomic E-state index is 0.0591. The minimum atomic E-state index is -1.09. The third kappa shape index (κ3) is 3.85. The van der Waals surface area contributed by atoms with E-state index in [1.54, 1.807) is 14.0 Å². The smallest absolute Gasteiger partial charge is 0.346 e. The number of nitrogens with zero attached hydrogens (tertiary/aromatic N) is 1.